The zero-order valence-corrected chi connectivity index (χ0v) is 35.2. The topological polar surface area (TPSA) is 146 Å². The fraction of sp³-hybridized carbons (Fsp3) is 0.636. The first kappa shape index (κ1) is 42.5. The van der Waals surface area contributed by atoms with E-state index in [-0.39, 0.29) is 36.9 Å². The van der Waals surface area contributed by atoms with Gasteiger partial charge in [-0.25, -0.2) is 0 Å². The lowest BCUT2D eigenvalue weighted by atomic mass is 9.66. The number of piperidine rings is 1. The van der Waals surface area contributed by atoms with Crippen LogP contribution in [0.2, 0.25) is 0 Å². The summed E-state index contributed by atoms with van der Waals surface area (Å²) in [6, 6.07) is 17.9. The van der Waals surface area contributed by atoms with Gasteiger partial charge in [-0.05, 0) is 103 Å². The first-order valence-electron chi connectivity index (χ1n) is 21.6. The molecule has 2 aliphatic carbocycles. The lowest BCUT2D eigenvalue weighted by molar-refractivity contribution is -0.142. The second kappa shape index (κ2) is 22.8. The third-order valence-corrected chi connectivity index (χ3v) is 12.3. The van der Waals surface area contributed by atoms with Gasteiger partial charge in [0, 0.05) is 59.1 Å². The number of nitrogens with one attached hydrogen (secondary N) is 1. The zero-order chi connectivity index (χ0) is 40.6. The van der Waals surface area contributed by atoms with Crippen LogP contribution in [0.15, 0.2) is 48.5 Å². The minimum atomic E-state index is -0.935. The van der Waals surface area contributed by atoms with Crippen molar-refractivity contribution in [2.75, 3.05) is 50.8 Å². The van der Waals surface area contributed by atoms with E-state index in [1.54, 1.807) is 4.90 Å². The molecule has 1 unspecified atom stereocenters. The van der Waals surface area contributed by atoms with E-state index >= 15 is 0 Å². The highest BCUT2D eigenvalue weighted by atomic mass is 127. The molecule has 9 rings (SSSR count). The number of carboxylic acids is 1. The molecule has 7 aliphatic rings. The number of amides is 3. The molecule has 56 heavy (non-hydrogen) atoms. The van der Waals surface area contributed by atoms with Crippen LogP contribution < -0.4 is 11.1 Å². The van der Waals surface area contributed by atoms with Crippen LogP contribution in [-0.4, -0.2) is 100 Å². The molecule has 5 atom stereocenters. The van der Waals surface area contributed by atoms with Crippen molar-refractivity contribution in [3.8, 4) is 0 Å². The fourth-order valence-corrected chi connectivity index (χ4v) is 9.50. The number of carboxylic acid groups (broad SMARTS) is 1. The van der Waals surface area contributed by atoms with Crippen LogP contribution in [0.4, 0.5) is 0 Å². The van der Waals surface area contributed by atoms with E-state index in [1.807, 2.05) is 22.6 Å². The second-order valence-electron chi connectivity index (χ2n) is 16.0. The third-order valence-electron chi connectivity index (χ3n) is 12.3. The van der Waals surface area contributed by atoms with Crippen molar-refractivity contribution < 1.29 is 30.4 Å². The normalized spacial score (nSPS) is 26.4. The molecule has 1 saturated carbocycles. The Hall–Kier alpha value is -3.07. The molecule has 0 radical (unpaired) electrons. The maximum atomic E-state index is 12.6. The van der Waals surface area contributed by atoms with Gasteiger partial charge in [-0.1, -0.05) is 90.4 Å². The standard InChI is InChI=1S/C19H25N3O2.C14H19N.C6H9NO3.C4H8O.CH3I/c23-17(13-22-11-5-9-18(22)24)20-19-15-7-2-1-6-14(15)12-21-10-4-3-8-16(19)21;15-14-12-7-3-1-5-10(12)9-11-6-2-4-8-13(11)14;8-5-2-1-3-7(5)4-6(9)10;1-2-4-5-3-1;1-2/h1-2,6-7,16,19H,3-5,8-13H2,(H,20,23);1,3,5,7,11,13-14H,2,4,6,8-9,15H2;1-4H2,(H,9,10);1-4H2;1H3/t16-,19-;11?,13-,14+;;;/m10.../s1/i;;;;1D. The number of fused-ring (bicyclic) bond motifs is 4. The average Bonchev–Trinajstić information content (AvgIpc) is 4.02. The summed E-state index contributed by atoms with van der Waals surface area (Å²) >= 11 is 1.96. The van der Waals surface area contributed by atoms with E-state index in [4.69, 9.17) is 16.9 Å². The average molecular weight is 887 g/mol. The first-order valence-corrected chi connectivity index (χ1v) is 22.4. The number of carbonyl (C=O) groups is 4. The number of nitrogens with zero attached hydrogens (tertiary/aromatic N) is 3. The van der Waals surface area contributed by atoms with Gasteiger partial charge in [0.2, 0.25) is 17.7 Å². The van der Waals surface area contributed by atoms with Crippen LogP contribution in [0.3, 0.4) is 0 Å². The molecule has 5 fully saturated rings. The van der Waals surface area contributed by atoms with E-state index in [0.29, 0.717) is 42.9 Å². The molecule has 0 spiro atoms. The molecule has 3 amide bonds. The molecule has 11 nitrogen and oxygen atoms in total. The summed E-state index contributed by atoms with van der Waals surface area (Å²) in [6.07, 6.45) is 15.7. The van der Waals surface area contributed by atoms with Gasteiger partial charge in [0.15, 0.2) is 0 Å². The van der Waals surface area contributed by atoms with Gasteiger partial charge < -0.3 is 30.7 Å². The molecule has 308 valence electrons. The molecule has 2 aromatic rings. The smallest absolute Gasteiger partial charge is 0.323 e. The third kappa shape index (κ3) is 12.2. The lowest BCUT2D eigenvalue weighted by Crippen LogP contribution is -2.52. The Bertz CT molecular complexity index is 1600. The monoisotopic (exact) mass is 886 g/mol. The van der Waals surface area contributed by atoms with Gasteiger partial charge in [0.25, 0.3) is 0 Å². The first-order chi connectivity index (χ1) is 27.7. The van der Waals surface area contributed by atoms with Gasteiger partial charge in [0.1, 0.15) is 6.54 Å². The summed E-state index contributed by atoms with van der Waals surface area (Å²) in [5.74, 6) is 0.723. The number of ether oxygens (including phenoxy) is 1. The number of benzene rings is 2. The summed E-state index contributed by atoms with van der Waals surface area (Å²) in [5, 5.41) is 11.5. The van der Waals surface area contributed by atoms with Gasteiger partial charge in [-0.15, -0.1) is 0 Å². The van der Waals surface area contributed by atoms with Gasteiger partial charge in [-0.3, -0.25) is 24.1 Å². The summed E-state index contributed by atoms with van der Waals surface area (Å²) in [6.45, 7) is 5.46. The largest absolute Gasteiger partial charge is 0.480 e. The van der Waals surface area contributed by atoms with Crippen molar-refractivity contribution in [1.29, 1.82) is 0 Å². The summed E-state index contributed by atoms with van der Waals surface area (Å²) in [7, 11) is 0. The van der Waals surface area contributed by atoms with Crippen molar-refractivity contribution in [2.45, 2.75) is 115 Å². The summed E-state index contributed by atoms with van der Waals surface area (Å²) in [4.78, 5) is 51.2. The van der Waals surface area contributed by atoms with Crippen LogP contribution in [-0.2, 0) is 36.9 Å². The SMILES string of the molecule is C1CCOC1.N[C@@H]1c2ccccc2CC2CCCC[C@@H]21.O=C(CN1CCCC1=O)N[C@@H]1c2ccccc2CN2CCCC[C@H]12.O=C(O)CN1CCCC1=O.[2H]CI. The Morgan fingerprint density at radius 1 is 0.821 bits per heavy atom. The molecule has 4 N–H and O–H groups in total. The van der Waals surface area contributed by atoms with Crippen LogP contribution in [0.1, 0.15) is 119 Å². The van der Waals surface area contributed by atoms with Crippen molar-refractivity contribution in [3.05, 3.63) is 70.8 Å². The number of nitrogens with two attached hydrogens (primary N) is 1. The number of hydrogen-bond donors (Lipinski definition) is 3. The van der Waals surface area contributed by atoms with Gasteiger partial charge >= 0.3 is 5.97 Å². The summed E-state index contributed by atoms with van der Waals surface area (Å²) < 4.78 is 11.1. The van der Waals surface area contributed by atoms with Gasteiger partial charge in [0.05, 0.1) is 12.6 Å². The second-order valence-corrected chi connectivity index (χ2v) is 16.0. The van der Waals surface area contributed by atoms with Crippen LogP contribution in [0.25, 0.3) is 0 Å². The maximum Gasteiger partial charge on any atom is 0.323 e. The maximum absolute atomic E-state index is 12.6. The van der Waals surface area contributed by atoms with Crippen LogP contribution >= 0.6 is 22.6 Å². The van der Waals surface area contributed by atoms with Crippen LogP contribution in [0, 0.1) is 11.8 Å². The minimum Gasteiger partial charge on any atom is -0.480 e. The highest BCUT2D eigenvalue weighted by molar-refractivity contribution is 14.1. The molecule has 0 aromatic heterocycles. The Kier molecular flexibility index (Phi) is 17.3. The Morgan fingerprint density at radius 2 is 1.43 bits per heavy atom. The fourth-order valence-electron chi connectivity index (χ4n) is 9.50. The number of aliphatic carboxylic acids is 1. The molecular formula is C44H64IN5O6. The van der Waals surface area contributed by atoms with Gasteiger partial charge in [-0.2, -0.15) is 0 Å². The summed E-state index contributed by atoms with van der Waals surface area (Å²) in [5.41, 5.74) is 11.9. The number of rotatable bonds is 5. The number of likely N-dealkylation sites (tertiary alicyclic amines) is 2. The van der Waals surface area contributed by atoms with E-state index in [0.717, 1.165) is 57.4 Å². The minimum absolute atomic E-state index is 0.0301. The predicted molar refractivity (Wildman–Crippen MR) is 227 cm³/mol. The Balaban J connectivity index is 0.000000160. The highest BCUT2D eigenvalue weighted by Crippen LogP contribution is 2.44. The molecule has 12 heteroatoms. The number of halogens is 1. The van der Waals surface area contributed by atoms with E-state index in [1.165, 1.54) is 84.9 Å². The lowest BCUT2D eigenvalue weighted by Gasteiger charge is -2.45. The molecular weight excluding hydrogens is 821 g/mol. The number of hydrogen-bond acceptors (Lipinski definition) is 7. The van der Waals surface area contributed by atoms with E-state index < -0.39 is 5.97 Å². The van der Waals surface area contributed by atoms with Crippen molar-refractivity contribution in [1.82, 2.24) is 20.0 Å². The molecule has 2 aromatic carbocycles. The molecule has 5 aliphatic heterocycles. The molecule has 4 saturated heterocycles. The van der Waals surface area contributed by atoms with Crippen molar-refractivity contribution in [2.24, 2.45) is 17.6 Å². The van der Waals surface area contributed by atoms with E-state index in [9.17, 15) is 19.2 Å². The predicted octanol–water partition coefficient (Wildman–Crippen LogP) is 6.42. The highest BCUT2D eigenvalue weighted by Gasteiger charge is 2.38. The Morgan fingerprint density at radius 3 is 2.05 bits per heavy atom. The number of alkyl halides is 1. The van der Waals surface area contributed by atoms with Crippen molar-refractivity contribution in [3.63, 3.8) is 0 Å². The molecule has 0 bridgehead atoms. The van der Waals surface area contributed by atoms with E-state index in [2.05, 4.69) is 58.7 Å². The number of carbonyl (C=O) groups excluding carboxylic acids is 3. The van der Waals surface area contributed by atoms with Crippen molar-refractivity contribution >= 4 is 46.3 Å². The zero-order valence-electron chi connectivity index (χ0n) is 34.1. The Labute approximate surface area is 349 Å². The van der Waals surface area contributed by atoms with Crippen LogP contribution in [0.5, 0.6) is 0 Å². The molecule has 5 heterocycles. The quantitative estimate of drug-likeness (QED) is 0.231.